The van der Waals surface area contributed by atoms with Gasteiger partial charge in [-0.05, 0) is 32.4 Å². The van der Waals surface area contributed by atoms with Crippen molar-refractivity contribution < 1.29 is 13.5 Å². The molecule has 0 aromatic heterocycles. The number of aryl methyl sites for hydroxylation is 1. The summed E-state index contributed by atoms with van der Waals surface area (Å²) in [6.07, 6.45) is 1.94. The van der Waals surface area contributed by atoms with Gasteiger partial charge in [-0.2, -0.15) is 0 Å². The lowest BCUT2D eigenvalue weighted by atomic mass is 9.88. The Morgan fingerprint density at radius 3 is 2.72 bits per heavy atom. The van der Waals surface area contributed by atoms with E-state index in [9.17, 15) is 8.78 Å². The van der Waals surface area contributed by atoms with Gasteiger partial charge in [0.2, 0.25) is 0 Å². The first kappa shape index (κ1) is 13.4. The first-order chi connectivity index (χ1) is 8.65. The van der Waals surface area contributed by atoms with E-state index in [1.807, 2.05) is 0 Å². The Morgan fingerprint density at radius 1 is 1.33 bits per heavy atom. The maximum Gasteiger partial charge on any atom is 0.163 e. The lowest BCUT2D eigenvalue weighted by Gasteiger charge is -2.30. The highest BCUT2D eigenvalue weighted by molar-refractivity contribution is 5.28. The molecule has 0 saturated carbocycles. The van der Waals surface area contributed by atoms with Crippen molar-refractivity contribution in [3.05, 3.63) is 34.9 Å². The molecule has 0 amide bonds. The molecule has 0 bridgehead atoms. The largest absolute Gasteiger partial charge is 0.381 e. The molecule has 1 aliphatic heterocycles. The molecular weight excluding hydrogens is 236 g/mol. The van der Waals surface area contributed by atoms with Crippen molar-refractivity contribution in [2.75, 3.05) is 20.3 Å². The van der Waals surface area contributed by atoms with Crippen molar-refractivity contribution in [2.24, 2.45) is 5.92 Å². The van der Waals surface area contributed by atoms with Gasteiger partial charge in [0.05, 0.1) is 6.61 Å². The third-order valence-corrected chi connectivity index (χ3v) is 3.62. The van der Waals surface area contributed by atoms with Gasteiger partial charge in [-0.25, -0.2) is 8.78 Å². The van der Waals surface area contributed by atoms with E-state index in [0.717, 1.165) is 19.4 Å². The predicted molar refractivity (Wildman–Crippen MR) is 66.4 cm³/mol. The molecule has 1 aromatic rings. The van der Waals surface area contributed by atoms with Gasteiger partial charge in [0, 0.05) is 24.1 Å². The average molecular weight is 255 g/mol. The first-order valence-corrected chi connectivity index (χ1v) is 6.34. The lowest BCUT2D eigenvalue weighted by Crippen LogP contribution is -2.32. The van der Waals surface area contributed by atoms with Crippen molar-refractivity contribution in [1.82, 2.24) is 5.32 Å². The number of hydrogen-bond donors (Lipinski definition) is 1. The Morgan fingerprint density at radius 2 is 2.11 bits per heavy atom. The van der Waals surface area contributed by atoms with Crippen molar-refractivity contribution in [2.45, 2.75) is 25.8 Å². The molecule has 1 saturated heterocycles. The van der Waals surface area contributed by atoms with E-state index >= 15 is 0 Å². The zero-order chi connectivity index (χ0) is 13.1. The van der Waals surface area contributed by atoms with E-state index in [1.165, 1.54) is 0 Å². The molecule has 1 N–H and O–H groups in total. The van der Waals surface area contributed by atoms with Gasteiger partial charge in [0.25, 0.3) is 0 Å². The molecule has 0 radical (unpaired) electrons. The van der Waals surface area contributed by atoms with Crippen LogP contribution in [-0.4, -0.2) is 20.3 Å². The number of hydrogen-bond acceptors (Lipinski definition) is 2. The minimum Gasteiger partial charge on any atom is -0.381 e. The number of halogens is 2. The highest BCUT2D eigenvalue weighted by Crippen LogP contribution is 2.31. The quantitative estimate of drug-likeness (QED) is 0.896. The smallest absolute Gasteiger partial charge is 0.163 e. The fourth-order valence-corrected chi connectivity index (χ4v) is 2.57. The molecule has 2 atom stereocenters. The summed E-state index contributed by atoms with van der Waals surface area (Å²) in [5, 5.41) is 3.09. The highest BCUT2D eigenvalue weighted by Gasteiger charge is 2.27. The summed E-state index contributed by atoms with van der Waals surface area (Å²) in [4.78, 5) is 0. The van der Waals surface area contributed by atoms with Crippen LogP contribution in [0.5, 0.6) is 0 Å². The minimum atomic E-state index is -0.746. The molecule has 18 heavy (non-hydrogen) atoms. The molecular formula is C14H19F2NO. The number of nitrogens with one attached hydrogen (secondary N) is 1. The van der Waals surface area contributed by atoms with Crippen LogP contribution >= 0.6 is 0 Å². The molecule has 1 heterocycles. The van der Waals surface area contributed by atoms with Crippen molar-refractivity contribution in [3.8, 4) is 0 Å². The lowest BCUT2D eigenvalue weighted by molar-refractivity contribution is 0.0396. The number of benzene rings is 1. The Labute approximate surface area is 106 Å². The second-order valence-corrected chi connectivity index (χ2v) is 4.84. The number of ether oxygens (including phenoxy) is 1. The summed E-state index contributed by atoms with van der Waals surface area (Å²) in [7, 11) is 1.77. The molecule has 1 fully saturated rings. The normalized spacial score (nSPS) is 21.9. The molecule has 0 spiro atoms. The maximum atomic E-state index is 14.0. The Hall–Kier alpha value is -1.00. The van der Waals surface area contributed by atoms with Crippen LogP contribution in [0.1, 0.15) is 30.0 Å². The van der Waals surface area contributed by atoms with Gasteiger partial charge in [0.1, 0.15) is 0 Å². The molecule has 2 unspecified atom stereocenters. The zero-order valence-corrected chi connectivity index (χ0v) is 10.8. The second-order valence-electron chi connectivity index (χ2n) is 4.84. The minimum absolute atomic E-state index is 0.194. The predicted octanol–water partition coefficient (Wildman–Crippen LogP) is 2.96. The van der Waals surface area contributed by atoms with Crippen LogP contribution < -0.4 is 5.32 Å². The average Bonchev–Trinajstić information content (AvgIpc) is 2.41. The van der Waals surface area contributed by atoms with E-state index in [1.54, 1.807) is 26.1 Å². The van der Waals surface area contributed by atoms with E-state index < -0.39 is 11.6 Å². The van der Waals surface area contributed by atoms with Gasteiger partial charge >= 0.3 is 0 Å². The second kappa shape index (κ2) is 5.76. The SMILES string of the molecule is CNC(c1ccc(C)c(F)c1F)C1CCCOC1. The zero-order valence-electron chi connectivity index (χ0n) is 10.8. The molecule has 1 aromatic carbocycles. The summed E-state index contributed by atoms with van der Waals surface area (Å²) in [6.45, 7) is 2.93. The van der Waals surface area contributed by atoms with Crippen LogP contribution in [0.15, 0.2) is 12.1 Å². The Kier molecular flexibility index (Phi) is 4.30. The Balaban J connectivity index is 2.29. The molecule has 100 valence electrons. The summed E-state index contributed by atoms with van der Waals surface area (Å²) in [5.74, 6) is -1.29. The van der Waals surface area contributed by atoms with Crippen LogP contribution in [0, 0.1) is 24.5 Å². The van der Waals surface area contributed by atoms with Crippen LogP contribution in [0.3, 0.4) is 0 Å². The van der Waals surface area contributed by atoms with Crippen molar-refractivity contribution >= 4 is 0 Å². The first-order valence-electron chi connectivity index (χ1n) is 6.34. The summed E-state index contributed by atoms with van der Waals surface area (Å²) < 4.78 is 33.0. The molecule has 2 nitrogen and oxygen atoms in total. The molecule has 0 aliphatic carbocycles. The van der Waals surface area contributed by atoms with E-state index in [2.05, 4.69) is 5.32 Å². The third-order valence-electron chi connectivity index (χ3n) is 3.62. The molecule has 2 rings (SSSR count). The molecule has 1 aliphatic rings. The van der Waals surface area contributed by atoms with Gasteiger partial charge in [-0.3, -0.25) is 0 Å². The van der Waals surface area contributed by atoms with Crippen LogP contribution in [0.25, 0.3) is 0 Å². The monoisotopic (exact) mass is 255 g/mol. The van der Waals surface area contributed by atoms with Gasteiger partial charge in [-0.15, -0.1) is 0 Å². The van der Waals surface area contributed by atoms with Crippen LogP contribution in [-0.2, 0) is 4.74 Å². The van der Waals surface area contributed by atoms with Crippen molar-refractivity contribution in [1.29, 1.82) is 0 Å². The number of rotatable bonds is 3. The maximum absolute atomic E-state index is 14.0. The Bertz CT molecular complexity index is 417. The summed E-state index contributed by atoms with van der Waals surface area (Å²) in [6, 6.07) is 3.10. The fourth-order valence-electron chi connectivity index (χ4n) is 2.57. The fraction of sp³-hybridized carbons (Fsp3) is 0.571. The topological polar surface area (TPSA) is 21.3 Å². The summed E-state index contributed by atoms with van der Waals surface area (Å²) in [5.41, 5.74) is 0.738. The van der Waals surface area contributed by atoms with E-state index in [-0.39, 0.29) is 12.0 Å². The van der Waals surface area contributed by atoms with E-state index in [0.29, 0.717) is 17.7 Å². The highest BCUT2D eigenvalue weighted by atomic mass is 19.2. The van der Waals surface area contributed by atoms with Gasteiger partial charge in [-0.1, -0.05) is 12.1 Å². The van der Waals surface area contributed by atoms with Crippen LogP contribution in [0.4, 0.5) is 8.78 Å². The van der Waals surface area contributed by atoms with Crippen molar-refractivity contribution in [3.63, 3.8) is 0 Å². The summed E-state index contributed by atoms with van der Waals surface area (Å²) >= 11 is 0. The van der Waals surface area contributed by atoms with Gasteiger partial charge in [0.15, 0.2) is 11.6 Å². The van der Waals surface area contributed by atoms with E-state index in [4.69, 9.17) is 4.74 Å². The molecule has 4 heteroatoms. The van der Waals surface area contributed by atoms with Gasteiger partial charge < -0.3 is 10.1 Å². The third kappa shape index (κ3) is 2.54. The van der Waals surface area contributed by atoms with Crippen LogP contribution in [0.2, 0.25) is 0 Å². The standard InChI is InChI=1S/C14H19F2NO/c1-9-5-6-11(13(16)12(9)15)14(17-2)10-4-3-7-18-8-10/h5-6,10,14,17H,3-4,7-8H2,1-2H3.